The molecule has 21 heavy (non-hydrogen) atoms. The first-order valence-corrected chi connectivity index (χ1v) is 7.87. The number of hydrogen-bond acceptors (Lipinski definition) is 4. The van der Waals surface area contributed by atoms with Crippen molar-refractivity contribution in [3.05, 3.63) is 40.6 Å². The van der Waals surface area contributed by atoms with E-state index in [-0.39, 0.29) is 5.69 Å². The Balaban J connectivity index is 2.33. The molecule has 0 saturated heterocycles. The molecule has 0 aliphatic rings. The molecule has 0 N–H and O–H groups in total. The van der Waals surface area contributed by atoms with Gasteiger partial charge < -0.3 is 4.74 Å². The van der Waals surface area contributed by atoms with Crippen molar-refractivity contribution in [2.45, 2.75) is 13.8 Å². The SMILES string of the molecule is CC(C)C(CBr)COc1ccc([N+](=O)[O-])c2ncccc12. The average molecular weight is 353 g/mol. The molecular formula is C15H17BrN2O3. The van der Waals surface area contributed by atoms with Crippen molar-refractivity contribution in [1.82, 2.24) is 4.98 Å². The maximum atomic E-state index is 11.0. The molecule has 0 fully saturated rings. The van der Waals surface area contributed by atoms with Crippen molar-refractivity contribution in [3.63, 3.8) is 0 Å². The van der Waals surface area contributed by atoms with E-state index in [0.717, 1.165) is 5.33 Å². The number of halogens is 1. The molecule has 2 aromatic rings. The predicted molar refractivity (Wildman–Crippen MR) is 86.0 cm³/mol. The van der Waals surface area contributed by atoms with Gasteiger partial charge in [0.05, 0.1) is 11.5 Å². The van der Waals surface area contributed by atoms with Crippen molar-refractivity contribution in [2.24, 2.45) is 11.8 Å². The monoisotopic (exact) mass is 352 g/mol. The number of aromatic nitrogens is 1. The summed E-state index contributed by atoms with van der Waals surface area (Å²) in [6, 6.07) is 6.64. The summed E-state index contributed by atoms with van der Waals surface area (Å²) in [6.07, 6.45) is 1.55. The van der Waals surface area contributed by atoms with Gasteiger partial charge in [-0.05, 0) is 24.1 Å². The number of rotatable bonds is 6. The molecule has 112 valence electrons. The lowest BCUT2D eigenvalue weighted by Crippen LogP contribution is -2.19. The summed E-state index contributed by atoms with van der Waals surface area (Å²) < 4.78 is 5.88. The highest BCUT2D eigenvalue weighted by Gasteiger charge is 2.18. The number of ether oxygens (including phenoxy) is 1. The summed E-state index contributed by atoms with van der Waals surface area (Å²) in [5.74, 6) is 1.51. The van der Waals surface area contributed by atoms with E-state index in [0.29, 0.717) is 35.1 Å². The second-order valence-electron chi connectivity index (χ2n) is 5.21. The van der Waals surface area contributed by atoms with Gasteiger partial charge in [0, 0.05) is 28.9 Å². The third-order valence-corrected chi connectivity index (χ3v) is 4.33. The first kappa shape index (κ1) is 15.7. The van der Waals surface area contributed by atoms with Crippen molar-refractivity contribution in [2.75, 3.05) is 11.9 Å². The first-order chi connectivity index (χ1) is 10.0. The summed E-state index contributed by atoms with van der Waals surface area (Å²) in [5.41, 5.74) is 0.360. The molecule has 1 atom stereocenters. The van der Waals surface area contributed by atoms with Crippen LogP contribution in [0.4, 0.5) is 5.69 Å². The van der Waals surface area contributed by atoms with Gasteiger partial charge in [-0.25, -0.2) is 4.98 Å². The molecule has 0 amide bonds. The normalized spacial score (nSPS) is 12.6. The highest BCUT2D eigenvalue weighted by molar-refractivity contribution is 9.09. The molecule has 0 saturated carbocycles. The van der Waals surface area contributed by atoms with Gasteiger partial charge in [-0.2, -0.15) is 0 Å². The van der Waals surface area contributed by atoms with Gasteiger partial charge in [0.15, 0.2) is 5.52 Å². The molecule has 1 aromatic heterocycles. The Morgan fingerprint density at radius 2 is 2.14 bits per heavy atom. The fraction of sp³-hybridized carbons (Fsp3) is 0.400. The lowest BCUT2D eigenvalue weighted by Gasteiger charge is -2.19. The minimum Gasteiger partial charge on any atom is -0.493 e. The number of non-ortho nitro benzene ring substituents is 1. The van der Waals surface area contributed by atoms with Gasteiger partial charge in [-0.3, -0.25) is 10.1 Å². The zero-order valence-electron chi connectivity index (χ0n) is 12.0. The molecule has 5 nitrogen and oxygen atoms in total. The molecule has 0 radical (unpaired) electrons. The minimum absolute atomic E-state index is 0.00106. The van der Waals surface area contributed by atoms with E-state index in [1.807, 2.05) is 0 Å². The number of fused-ring (bicyclic) bond motifs is 1. The van der Waals surface area contributed by atoms with E-state index in [1.165, 1.54) is 6.07 Å². The van der Waals surface area contributed by atoms with E-state index in [4.69, 9.17) is 4.74 Å². The van der Waals surface area contributed by atoms with E-state index >= 15 is 0 Å². The number of benzene rings is 1. The average Bonchev–Trinajstić information content (AvgIpc) is 2.47. The van der Waals surface area contributed by atoms with Crippen molar-refractivity contribution >= 4 is 32.5 Å². The summed E-state index contributed by atoms with van der Waals surface area (Å²) in [5, 5.41) is 12.6. The molecule has 0 aliphatic carbocycles. The van der Waals surface area contributed by atoms with Crippen LogP contribution in [-0.4, -0.2) is 21.8 Å². The van der Waals surface area contributed by atoms with Gasteiger partial charge in [0.1, 0.15) is 5.75 Å². The largest absolute Gasteiger partial charge is 0.493 e. The maximum absolute atomic E-state index is 11.0. The Morgan fingerprint density at radius 3 is 2.76 bits per heavy atom. The quantitative estimate of drug-likeness (QED) is 0.444. The van der Waals surface area contributed by atoms with Gasteiger partial charge in [0.2, 0.25) is 0 Å². The van der Waals surface area contributed by atoms with Crippen LogP contribution >= 0.6 is 15.9 Å². The Labute approximate surface area is 131 Å². The number of nitro benzene ring substituents is 1. The van der Waals surface area contributed by atoms with Crippen LogP contribution in [0.15, 0.2) is 30.5 Å². The van der Waals surface area contributed by atoms with Crippen LogP contribution in [0.1, 0.15) is 13.8 Å². The highest BCUT2D eigenvalue weighted by Crippen LogP contribution is 2.31. The molecule has 6 heteroatoms. The van der Waals surface area contributed by atoms with Crippen molar-refractivity contribution < 1.29 is 9.66 Å². The fourth-order valence-corrected chi connectivity index (χ4v) is 2.95. The van der Waals surface area contributed by atoms with Crippen molar-refractivity contribution in [3.8, 4) is 5.75 Å². The van der Waals surface area contributed by atoms with Gasteiger partial charge >= 0.3 is 0 Å². The van der Waals surface area contributed by atoms with Crippen LogP contribution < -0.4 is 4.74 Å². The molecule has 0 aliphatic heterocycles. The molecule has 2 rings (SSSR count). The molecule has 1 unspecified atom stereocenters. The summed E-state index contributed by atoms with van der Waals surface area (Å²) in [4.78, 5) is 14.7. The molecule has 0 spiro atoms. The second-order valence-corrected chi connectivity index (χ2v) is 5.86. The fourth-order valence-electron chi connectivity index (χ4n) is 2.02. The smallest absolute Gasteiger partial charge is 0.295 e. The van der Waals surface area contributed by atoms with Crippen LogP contribution in [0.5, 0.6) is 5.75 Å². The van der Waals surface area contributed by atoms with E-state index in [1.54, 1.807) is 24.4 Å². The van der Waals surface area contributed by atoms with Gasteiger partial charge in [-0.15, -0.1) is 0 Å². The Bertz CT molecular complexity index is 646. The zero-order chi connectivity index (χ0) is 15.4. The summed E-state index contributed by atoms with van der Waals surface area (Å²) >= 11 is 3.49. The third-order valence-electron chi connectivity index (χ3n) is 3.50. The number of pyridine rings is 1. The lowest BCUT2D eigenvalue weighted by molar-refractivity contribution is -0.383. The lowest BCUT2D eigenvalue weighted by atomic mass is 9.99. The molecule has 1 heterocycles. The topological polar surface area (TPSA) is 65.3 Å². The third kappa shape index (κ3) is 3.50. The van der Waals surface area contributed by atoms with Crippen LogP contribution in [0.25, 0.3) is 10.9 Å². The standard InChI is InChI=1S/C15H17BrN2O3/c1-10(2)11(8-16)9-21-14-6-5-13(18(19)20)15-12(14)4-3-7-17-15/h3-7,10-11H,8-9H2,1-2H3. The van der Waals surface area contributed by atoms with Crippen LogP contribution in [0.3, 0.4) is 0 Å². The van der Waals surface area contributed by atoms with Crippen LogP contribution in [0.2, 0.25) is 0 Å². The summed E-state index contributed by atoms with van der Waals surface area (Å²) in [7, 11) is 0. The highest BCUT2D eigenvalue weighted by atomic mass is 79.9. The van der Waals surface area contributed by atoms with Gasteiger partial charge in [-0.1, -0.05) is 29.8 Å². The predicted octanol–water partition coefficient (Wildman–Crippen LogP) is 4.19. The molecular weight excluding hydrogens is 336 g/mol. The Morgan fingerprint density at radius 1 is 1.38 bits per heavy atom. The second kappa shape index (κ2) is 6.85. The number of nitrogens with zero attached hydrogens (tertiary/aromatic N) is 2. The van der Waals surface area contributed by atoms with Crippen LogP contribution in [-0.2, 0) is 0 Å². The van der Waals surface area contributed by atoms with E-state index in [9.17, 15) is 10.1 Å². The Kier molecular flexibility index (Phi) is 5.12. The van der Waals surface area contributed by atoms with E-state index in [2.05, 4.69) is 34.8 Å². The molecule has 1 aromatic carbocycles. The summed E-state index contributed by atoms with van der Waals surface area (Å²) in [6.45, 7) is 4.85. The number of alkyl halides is 1. The van der Waals surface area contributed by atoms with Gasteiger partial charge in [0.25, 0.3) is 5.69 Å². The van der Waals surface area contributed by atoms with Crippen molar-refractivity contribution in [1.29, 1.82) is 0 Å². The number of hydrogen-bond donors (Lipinski definition) is 0. The maximum Gasteiger partial charge on any atom is 0.295 e. The zero-order valence-corrected chi connectivity index (χ0v) is 13.5. The van der Waals surface area contributed by atoms with E-state index < -0.39 is 4.92 Å². The minimum atomic E-state index is -0.422. The Hall–Kier alpha value is -1.69. The van der Waals surface area contributed by atoms with Crippen LogP contribution in [0, 0.1) is 22.0 Å². The number of nitro groups is 1. The molecule has 0 bridgehead atoms. The first-order valence-electron chi connectivity index (χ1n) is 6.75.